The molecule has 0 fully saturated rings. The third-order valence-electron chi connectivity index (χ3n) is 3.71. The highest BCUT2D eigenvalue weighted by Gasteiger charge is 2.12. The van der Waals surface area contributed by atoms with Gasteiger partial charge in [-0.25, -0.2) is 9.37 Å². The number of aromatic hydroxyl groups is 1. The van der Waals surface area contributed by atoms with E-state index in [1.807, 2.05) is 0 Å². The number of aromatic nitrogens is 1. The number of nitrogens with zero attached hydrogens (tertiary/aromatic N) is 1. The first-order valence-corrected chi connectivity index (χ1v) is 8.11. The summed E-state index contributed by atoms with van der Waals surface area (Å²) in [7, 11) is 0. The first kappa shape index (κ1) is 18.1. The van der Waals surface area contributed by atoms with Gasteiger partial charge in [-0.1, -0.05) is 12.1 Å². The first-order chi connectivity index (χ1) is 13.0. The molecule has 0 aliphatic heterocycles. The lowest BCUT2D eigenvalue weighted by atomic mass is 10.2. The molecule has 0 saturated heterocycles. The van der Waals surface area contributed by atoms with Crippen LogP contribution in [0.15, 0.2) is 59.1 Å². The molecule has 0 atom stereocenters. The Balaban J connectivity index is 1.49. The molecule has 0 radical (unpaired) electrons. The highest BCUT2D eigenvalue weighted by molar-refractivity contribution is 5.97. The summed E-state index contributed by atoms with van der Waals surface area (Å²) >= 11 is 0. The second-order valence-electron chi connectivity index (χ2n) is 5.64. The summed E-state index contributed by atoms with van der Waals surface area (Å²) in [6.07, 6.45) is 1.75. The van der Waals surface area contributed by atoms with Gasteiger partial charge in [0.2, 0.25) is 5.91 Å². The van der Waals surface area contributed by atoms with E-state index in [-0.39, 0.29) is 30.0 Å². The molecule has 0 unspecified atom stereocenters. The number of para-hydroxylation sites is 1. The van der Waals surface area contributed by atoms with Crippen molar-refractivity contribution in [3.8, 4) is 17.1 Å². The molecule has 0 spiro atoms. The van der Waals surface area contributed by atoms with Crippen molar-refractivity contribution in [3.05, 3.63) is 72.0 Å². The van der Waals surface area contributed by atoms with Crippen LogP contribution in [0.5, 0.6) is 5.75 Å². The predicted octanol–water partition coefficient (Wildman–Crippen LogP) is 2.58. The number of halogens is 1. The van der Waals surface area contributed by atoms with Crippen LogP contribution >= 0.6 is 0 Å². The Hall–Kier alpha value is -3.68. The number of hydrogen-bond acceptors (Lipinski definition) is 5. The molecule has 0 saturated carbocycles. The van der Waals surface area contributed by atoms with E-state index in [4.69, 9.17) is 4.42 Å². The van der Waals surface area contributed by atoms with Crippen LogP contribution < -0.4 is 10.9 Å². The number of amides is 2. The molecule has 2 amide bonds. The number of phenolic OH excluding ortho intramolecular Hbond substituents is 1. The van der Waals surface area contributed by atoms with E-state index in [0.717, 1.165) is 0 Å². The summed E-state index contributed by atoms with van der Waals surface area (Å²) in [6.45, 7) is 0. The zero-order valence-corrected chi connectivity index (χ0v) is 14.1. The van der Waals surface area contributed by atoms with Crippen LogP contribution in [0.3, 0.4) is 0 Å². The molecule has 1 heterocycles. The van der Waals surface area contributed by atoms with Gasteiger partial charge >= 0.3 is 0 Å². The van der Waals surface area contributed by atoms with Crippen molar-refractivity contribution in [1.29, 1.82) is 0 Å². The summed E-state index contributed by atoms with van der Waals surface area (Å²) in [5.74, 6) is -0.787. The van der Waals surface area contributed by atoms with Crippen LogP contribution in [-0.4, -0.2) is 21.9 Å². The minimum atomic E-state index is -0.629. The van der Waals surface area contributed by atoms with Crippen molar-refractivity contribution in [3.63, 3.8) is 0 Å². The standard InChI is InChI=1S/C19H16FN3O4/c20-13-7-5-12(6-8-13)16-11-21-18(27-16)10-9-17(25)22-23-19(26)14-3-1-2-4-15(14)24/h1-8,11,24H,9-10H2,(H,22,25)(H,23,26). The number of hydrazine groups is 1. The molecule has 1 aromatic heterocycles. The molecule has 3 aromatic rings. The third-order valence-corrected chi connectivity index (χ3v) is 3.71. The minimum absolute atomic E-state index is 0.0322. The monoisotopic (exact) mass is 369 g/mol. The number of carbonyl (C=O) groups is 2. The molecule has 3 N–H and O–H groups in total. The fraction of sp³-hybridized carbons (Fsp3) is 0.105. The van der Waals surface area contributed by atoms with Crippen LogP contribution in [0.1, 0.15) is 22.7 Å². The Morgan fingerprint density at radius 1 is 1.07 bits per heavy atom. The number of phenols is 1. The van der Waals surface area contributed by atoms with E-state index in [1.165, 1.54) is 30.5 Å². The van der Waals surface area contributed by atoms with Gasteiger partial charge in [0.15, 0.2) is 11.7 Å². The Kier molecular flexibility index (Phi) is 5.46. The number of benzene rings is 2. The fourth-order valence-electron chi connectivity index (χ4n) is 2.32. The molecule has 0 bridgehead atoms. The third kappa shape index (κ3) is 4.69. The molecule has 0 aliphatic carbocycles. The molecule has 3 rings (SSSR count). The van der Waals surface area contributed by atoms with E-state index in [0.29, 0.717) is 17.2 Å². The van der Waals surface area contributed by atoms with Gasteiger partial charge in [0.25, 0.3) is 5.91 Å². The summed E-state index contributed by atoms with van der Waals surface area (Å²) in [4.78, 5) is 27.8. The average molecular weight is 369 g/mol. The van der Waals surface area contributed by atoms with Gasteiger partial charge in [-0.05, 0) is 36.4 Å². The maximum absolute atomic E-state index is 12.9. The van der Waals surface area contributed by atoms with Crippen LogP contribution in [0.2, 0.25) is 0 Å². The molecule has 2 aromatic carbocycles. The van der Waals surface area contributed by atoms with Crippen LogP contribution in [0.25, 0.3) is 11.3 Å². The van der Waals surface area contributed by atoms with Crippen LogP contribution in [0, 0.1) is 5.82 Å². The zero-order valence-electron chi connectivity index (χ0n) is 14.1. The van der Waals surface area contributed by atoms with Gasteiger partial charge in [-0.15, -0.1) is 0 Å². The van der Waals surface area contributed by atoms with Crippen molar-refractivity contribution in [2.75, 3.05) is 0 Å². The van der Waals surface area contributed by atoms with Gasteiger partial charge in [0, 0.05) is 18.4 Å². The fourth-order valence-corrected chi connectivity index (χ4v) is 2.32. The Morgan fingerprint density at radius 2 is 1.81 bits per heavy atom. The molecule has 138 valence electrons. The number of hydrogen-bond donors (Lipinski definition) is 3. The smallest absolute Gasteiger partial charge is 0.273 e. The number of aryl methyl sites for hydroxylation is 1. The second kappa shape index (κ2) is 8.13. The van der Waals surface area contributed by atoms with Crippen molar-refractivity contribution >= 4 is 11.8 Å². The number of nitrogens with one attached hydrogen (secondary N) is 2. The maximum Gasteiger partial charge on any atom is 0.273 e. The second-order valence-corrected chi connectivity index (χ2v) is 5.64. The summed E-state index contributed by atoms with van der Waals surface area (Å²) in [6, 6.07) is 11.8. The van der Waals surface area contributed by atoms with Crippen LogP contribution in [-0.2, 0) is 11.2 Å². The molecular formula is C19H16FN3O4. The average Bonchev–Trinajstić information content (AvgIpc) is 3.14. The predicted molar refractivity (Wildman–Crippen MR) is 93.9 cm³/mol. The highest BCUT2D eigenvalue weighted by atomic mass is 19.1. The number of oxazole rings is 1. The molecule has 27 heavy (non-hydrogen) atoms. The van der Waals surface area contributed by atoms with Crippen molar-refractivity contribution in [2.45, 2.75) is 12.8 Å². The lowest BCUT2D eigenvalue weighted by Crippen LogP contribution is -2.41. The minimum Gasteiger partial charge on any atom is -0.507 e. The summed E-state index contributed by atoms with van der Waals surface area (Å²) in [5.41, 5.74) is 5.22. The number of rotatable bonds is 5. The van der Waals surface area contributed by atoms with E-state index < -0.39 is 11.8 Å². The zero-order chi connectivity index (χ0) is 19.2. The van der Waals surface area contributed by atoms with Crippen molar-refractivity contribution in [1.82, 2.24) is 15.8 Å². The SMILES string of the molecule is O=C(CCc1ncc(-c2ccc(F)cc2)o1)NNC(=O)c1ccccc1O. The van der Waals surface area contributed by atoms with Crippen molar-refractivity contribution < 1.29 is 23.5 Å². The number of carbonyl (C=O) groups excluding carboxylic acids is 2. The summed E-state index contributed by atoms with van der Waals surface area (Å²) in [5, 5.41) is 9.59. The molecule has 8 heteroatoms. The normalized spacial score (nSPS) is 10.4. The topological polar surface area (TPSA) is 104 Å². The van der Waals surface area contributed by atoms with Gasteiger partial charge in [-0.2, -0.15) is 0 Å². The van der Waals surface area contributed by atoms with E-state index in [2.05, 4.69) is 15.8 Å². The lowest BCUT2D eigenvalue weighted by Gasteiger charge is -2.07. The lowest BCUT2D eigenvalue weighted by molar-refractivity contribution is -0.121. The highest BCUT2D eigenvalue weighted by Crippen LogP contribution is 2.21. The van der Waals surface area contributed by atoms with E-state index in [9.17, 15) is 19.1 Å². The van der Waals surface area contributed by atoms with Crippen molar-refractivity contribution in [2.24, 2.45) is 0 Å². The maximum atomic E-state index is 12.9. The first-order valence-electron chi connectivity index (χ1n) is 8.11. The Labute approximate surface area is 153 Å². The van der Waals surface area contributed by atoms with E-state index in [1.54, 1.807) is 24.3 Å². The Morgan fingerprint density at radius 3 is 2.56 bits per heavy atom. The molecule has 7 nitrogen and oxygen atoms in total. The quantitative estimate of drug-likeness (QED) is 0.600. The van der Waals surface area contributed by atoms with E-state index >= 15 is 0 Å². The van der Waals surface area contributed by atoms with Gasteiger partial charge in [-0.3, -0.25) is 20.4 Å². The molecule has 0 aliphatic rings. The largest absolute Gasteiger partial charge is 0.507 e. The van der Waals surface area contributed by atoms with Gasteiger partial charge < -0.3 is 9.52 Å². The Bertz CT molecular complexity index is 954. The summed E-state index contributed by atoms with van der Waals surface area (Å²) < 4.78 is 18.5. The van der Waals surface area contributed by atoms with Crippen LogP contribution in [0.4, 0.5) is 4.39 Å². The van der Waals surface area contributed by atoms with Gasteiger partial charge in [0.1, 0.15) is 11.6 Å². The molecular weight excluding hydrogens is 353 g/mol. The van der Waals surface area contributed by atoms with Gasteiger partial charge in [0.05, 0.1) is 11.8 Å².